The first kappa shape index (κ1) is 11.7. The molecule has 1 aliphatic carbocycles. The number of rotatable bonds is 3. The maximum Gasteiger partial charge on any atom is 0.134 e. The van der Waals surface area contributed by atoms with Crippen molar-refractivity contribution in [3.8, 4) is 0 Å². The van der Waals surface area contributed by atoms with E-state index in [9.17, 15) is 5.11 Å². The van der Waals surface area contributed by atoms with Crippen molar-refractivity contribution in [2.75, 3.05) is 23.3 Å². The van der Waals surface area contributed by atoms with Crippen molar-refractivity contribution in [1.29, 1.82) is 0 Å². The number of nitrogens with one attached hydrogen (secondary N) is 1. The number of β-amino-alcohol motifs (C(OH)–C–C–N with tert-alkyl or cyclic N) is 1. The number of hydrogen-bond acceptors (Lipinski definition) is 5. The van der Waals surface area contributed by atoms with E-state index in [0.717, 1.165) is 24.6 Å². The van der Waals surface area contributed by atoms with Crippen LogP contribution in [-0.4, -0.2) is 40.3 Å². The van der Waals surface area contributed by atoms with E-state index >= 15 is 0 Å². The van der Waals surface area contributed by atoms with E-state index < -0.39 is 0 Å². The number of anilines is 2. The summed E-state index contributed by atoms with van der Waals surface area (Å²) < 4.78 is 0. The zero-order chi connectivity index (χ0) is 12.4. The van der Waals surface area contributed by atoms with Crippen LogP contribution in [-0.2, 0) is 0 Å². The highest BCUT2D eigenvalue weighted by Crippen LogP contribution is 2.24. The SMILES string of the molecule is OC1CCN(c2cc(NC3CCCC3)ncn2)C1. The smallest absolute Gasteiger partial charge is 0.134 e. The zero-order valence-electron chi connectivity index (χ0n) is 10.5. The second-order valence-corrected chi connectivity index (χ2v) is 5.28. The first-order valence-corrected chi connectivity index (χ1v) is 6.83. The van der Waals surface area contributed by atoms with Crippen molar-refractivity contribution in [3.05, 3.63) is 12.4 Å². The number of aromatic nitrogens is 2. The van der Waals surface area contributed by atoms with E-state index in [2.05, 4.69) is 20.2 Å². The molecule has 1 aliphatic heterocycles. The van der Waals surface area contributed by atoms with Crippen molar-refractivity contribution >= 4 is 11.6 Å². The molecule has 3 rings (SSSR count). The summed E-state index contributed by atoms with van der Waals surface area (Å²) in [7, 11) is 0. The number of nitrogens with zero attached hydrogens (tertiary/aromatic N) is 3. The Kier molecular flexibility index (Phi) is 3.32. The van der Waals surface area contributed by atoms with Crippen LogP contribution >= 0.6 is 0 Å². The van der Waals surface area contributed by atoms with Crippen LogP contribution in [0.1, 0.15) is 32.1 Å². The number of hydrogen-bond donors (Lipinski definition) is 2. The van der Waals surface area contributed by atoms with Gasteiger partial charge < -0.3 is 15.3 Å². The van der Waals surface area contributed by atoms with E-state index in [-0.39, 0.29) is 6.10 Å². The molecule has 0 bridgehead atoms. The van der Waals surface area contributed by atoms with Crippen molar-refractivity contribution in [1.82, 2.24) is 9.97 Å². The molecule has 1 saturated carbocycles. The monoisotopic (exact) mass is 248 g/mol. The highest BCUT2D eigenvalue weighted by molar-refractivity contribution is 5.49. The molecule has 0 spiro atoms. The summed E-state index contributed by atoms with van der Waals surface area (Å²) in [5, 5.41) is 13.0. The third kappa shape index (κ3) is 2.56. The van der Waals surface area contributed by atoms with Crippen LogP contribution in [0.25, 0.3) is 0 Å². The Hall–Kier alpha value is -1.36. The molecule has 2 aliphatic rings. The summed E-state index contributed by atoms with van der Waals surface area (Å²) in [5.41, 5.74) is 0. The van der Waals surface area contributed by atoms with Crippen molar-refractivity contribution in [2.45, 2.75) is 44.2 Å². The Morgan fingerprint density at radius 2 is 2.06 bits per heavy atom. The van der Waals surface area contributed by atoms with Crippen LogP contribution in [0.2, 0.25) is 0 Å². The third-order valence-electron chi connectivity index (χ3n) is 3.85. The third-order valence-corrected chi connectivity index (χ3v) is 3.85. The summed E-state index contributed by atoms with van der Waals surface area (Å²) in [6.07, 6.45) is 7.32. The molecule has 2 fully saturated rings. The quantitative estimate of drug-likeness (QED) is 0.846. The van der Waals surface area contributed by atoms with Gasteiger partial charge in [0, 0.05) is 25.2 Å². The van der Waals surface area contributed by atoms with Gasteiger partial charge in [-0.15, -0.1) is 0 Å². The zero-order valence-corrected chi connectivity index (χ0v) is 10.5. The largest absolute Gasteiger partial charge is 0.391 e. The molecular weight excluding hydrogens is 228 g/mol. The second kappa shape index (κ2) is 5.10. The molecule has 18 heavy (non-hydrogen) atoms. The number of aliphatic hydroxyl groups is 1. The topological polar surface area (TPSA) is 61.3 Å². The standard InChI is InChI=1S/C13H20N4O/c18-11-5-6-17(8-11)13-7-12(14-9-15-13)16-10-3-1-2-4-10/h7,9-11,18H,1-6,8H2,(H,14,15,16). The Bertz CT molecular complexity index is 406. The van der Waals surface area contributed by atoms with Crippen LogP contribution in [0.15, 0.2) is 12.4 Å². The lowest BCUT2D eigenvalue weighted by atomic mass is 10.2. The molecule has 1 saturated heterocycles. The Labute approximate surface area is 107 Å². The van der Waals surface area contributed by atoms with Crippen LogP contribution in [0.3, 0.4) is 0 Å². The Morgan fingerprint density at radius 3 is 2.78 bits per heavy atom. The van der Waals surface area contributed by atoms with Gasteiger partial charge in [0.2, 0.25) is 0 Å². The van der Waals surface area contributed by atoms with Gasteiger partial charge in [-0.25, -0.2) is 9.97 Å². The maximum absolute atomic E-state index is 9.56. The van der Waals surface area contributed by atoms with E-state index in [1.54, 1.807) is 6.33 Å². The fourth-order valence-electron chi connectivity index (χ4n) is 2.83. The maximum atomic E-state index is 9.56. The molecule has 5 nitrogen and oxygen atoms in total. The van der Waals surface area contributed by atoms with Gasteiger partial charge in [0.1, 0.15) is 18.0 Å². The van der Waals surface area contributed by atoms with E-state index in [1.807, 2.05) is 6.07 Å². The van der Waals surface area contributed by atoms with Crippen LogP contribution in [0.4, 0.5) is 11.6 Å². The van der Waals surface area contributed by atoms with Crippen molar-refractivity contribution in [3.63, 3.8) is 0 Å². The molecule has 0 radical (unpaired) electrons. The van der Waals surface area contributed by atoms with Gasteiger partial charge in [0.05, 0.1) is 6.10 Å². The summed E-state index contributed by atoms with van der Waals surface area (Å²) in [6, 6.07) is 2.56. The van der Waals surface area contributed by atoms with Gasteiger partial charge in [-0.1, -0.05) is 12.8 Å². The molecule has 1 aromatic heterocycles. The van der Waals surface area contributed by atoms with Crippen molar-refractivity contribution in [2.24, 2.45) is 0 Å². The van der Waals surface area contributed by atoms with Gasteiger partial charge >= 0.3 is 0 Å². The van der Waals surface area contributed by atoms with Gasteiger partial charge in [0.25, 0.3) is 0 Å². The second-order valence-electron chi connectivity index (χ2n) is 5.28. The van der Waals surface area contributed by atoms with Gasteiger partial charge in [0.15, 0.2) is 0 Å². The van der Waals surface area contributed by atoms with Crippen LogP contribution in [0, 0.1) is 0 Å². The molecule has 0 aromatic carbocycles. The molecule has 98 valence electrons. The lowest BCUT2D eigenvalue weighted by molar-refractivity contribution is 0.198. The Morgan fingerprint density at radius 1 is 1.22 bits per heavy atom. The fraction of sp³-hybridized carbons (Fsp3) is 0.692. The highest BCUT2D eigenvalue weighted by Gasteiger charge is 2.22. The van der Waals surface area contributed by atoms with Crippen LogP contribution in [0.5, 0.6) is 0 Å². The highest BCUT2D eigenvalue weighted by atomic mass is 16.3. The molecule has 2 heterocycles. The molecule has 1 aromatic rings. The lowest BCUT2D eigenvalue weighted by Gasteiger charge is -2.18. The van der Waals surface area contributed by atoms with E-state index in [1.165, 1.54) is 25.7 Å². The first-order valence-electron chi connectivity index (χ1n) is 6.83. The molecule has 5 heteroatoms. The Balaban J connectivity index is 1.68. The predicted molar refractivity (Wildman–Crippen MR) is 70.7 cm³/mol. The lowest BCUT2D eigenvalue weighted by Crippen LogP contribution is -2.23. The first-order chi connectivity index (χ1) is 8.81. The molecule has 1 unspecified atom stereocenters. The molecule has 1 atom stereocenters. The fourth-order valence-corrected chi connectivity index (χ4v) is 2.83. The minimum Gasteiger partial charge on any atom is -0.391 e. The van der Waals surface area contributed by atoms with Gasteiger partial charge in [-0.05, 0) is 19.3 Å². The molecule has 0 amide bonds. The van der Waals surface area contributed by atoms with Crippen molar-refractivity contribution < 1.29 is 5.11 Å². The van der Waals surface area contributed by atoms with Gasteiger partial charge in [-0.2, -0.15) is 0 Å². The summed E-state index contributed by atoms with van der Waals surface area (Å²) in [6.45, 7) is 1.56. The summed E-state index contributed by atoms with van der Waals surface area (Å²) >= 11 is 0. The average molecular weight is 248 g/mol. The van der Waals surface area contributed by atoms with Crippen LogP contribution < -0.4 is 10.2 Å². The van der Waals surface area contributed by atoms with E-state index in [0.29, 0.717) is 12.6 Å². The molecular formula is C13H20N4O. The predicted octanol–water partition coefficient (Wildman–Crippen LogP) is 1.40. The van der Waals surface area contributed by atoms with E-state index in [4.69, 9.17) is 0 Å². The average Bonchev–Trinajstić information content (AvgIpc) is 3.01. The van der Waals surface area contributed by atoms with Gasteiger partial charge in [-0.3, -0.25) is 0 Å². The minimum absolute atomic E-state index is 0.216. The molecule has 2 N–H and O–H groups in total. The minimum atomic E-state index is -0.216. The summed E-state index contributed by atoms with van der Waals surface area (Å²) in [5.74, 6) is 1.83. The summed E-state index contributed by atoms with van der Waals surface area (Å²) in [4.78, 5) is 10.7. The normalized spacial score (nSPS) is 24.7. The number of aliphatic hydroxyl groups excluding tert-OH is 1.